The highest BCUT2D eigenvalue weighted by atomic mass is 15.1. The van der Waals surface area contributed by atoms with E-state index in [1.54, 1.807) is 0 Å². The smallest absolute Gasteiger partial charge is 0.145 e. The van der Waals surface area contributed by atoms with Gasteiger partial charge in [0.1, 0.15) is 17.5 Å². The zero-order chi connectivity index (χ0) is 87.6. The van der Waals surface area contributed by atoms with Crippen molar-refractivity contribution in [3.8, 4) is 146 Å². The predicted molar refractivity (Wildman–Crippen MR) is 544 cm³/mol. The van der Waals surface area contributed by atoms with E-state index in [1.807, 2.05) is 6.07 Å². The number of benzene rings is 20. The molecule has 133 heavy (non-hydrogen) atoms. The zero-order valence-corrected chi connectivity index (χ0v) is 72.8. The van der Waals surface area contributed by atoms with Crippen molar-refractivity contribution in [2.75, 3.05) is 0 Å². The van der Waals surface area contributed by atoms with E-state index < -0.39 is 0 Å². The summed E-state index contributed by atoms with van der Waals surface area (Å²) in [7, 11) is 2.09. The van der Waals surface area contributed by atoms with E-state index in [-0.39, 0.29) is 16.2 Å². The van der Waals surface area contributed by atoms with Gasteiger partial charge in [-0.1, -0.05) is 419 Å². The first kappa shape index (κ1) is 75.9. The fraction of sp³-hybridized carbons (Fsp3) is 0.0315. The largest absolute Gasteiger partial charge is 0.327 e. The molecule has 6 nitrogen and oxygen atoms in total. The van der Waals surface area contributed by atoms with Gasteiger partial charge in [0.25, 0.3) is 0 Å². The van der Waals surface area contributed by atoms with Crippen molar-refractivity contribution in [3.63, 3.8) is 0 Å². The molecular formula is C127H82N6. The van der Waals surface area contributed by atoms with E-state index in [2.05, 4.69) is 494 Å². The van der Waals surface area contributed by atoms with E-state index >= 15 is 0 Å². The zero-order valence-electron chi connectivity index (χ0n) is 72.8. The maximum Gasteiger partial charge on any atom is 0.145 e. The summed E-state index contributed by atoms with van der Waals surface area (Å²) in [5.74, 6) is 2.88. The Bertz CT molecular complexity index is 8560. The Labute approximate surface area is 771 Å². The highest BCUT2D eigenvalue weighted by Crippen LogP contribution is 2.68. The normalized spacial score (nSPS) is 13.5. The van der Waals surface area contributed by atoms with Crippen LogP contribution in [0.25, 0.3) is 179 Å². The Morgan fingerprint density at radius 3 is 0.714 bits per heavy atom. The molecule has 3 spiro atoms. The fourth-order valence-electron chi connectivity index (χ4n) is 24.1. The van der Waals surface area contributed by atoms with Crippen LogP contribution in [0.4, 0.5) is 0 Å². The van der Waals surface area contributed by atoms with Crippen molar-refractivity contribution in [1.29, 1.82) is 0 Å². The topological polar surface area (TPSA) is 53.5 Å². The van der Waals surface area contributed by atoms with Crippen LogP contribution in [-0.4, -0.2) is 28.7 Å². The number of hydrogen-bond donors (Lipinski definition) is 0. The molecule has 6 heteroatoms. The molecule has 23 aromatic rings. The molecule has 3 heterocycles. The highest BCUT2D eigenvalue weighted by Gasteiger charge is 2.55. The van der Waals surface area contributed by atoms with Gasteiger partial charge in [-0.2, -0.15) is 0 Å². The maximum atomic E-state index is 5.10. The molecule has 0 unspecified atom stereocenters. The first-order valence-electron chi connectivity index (χ1n) is 46.0. The molecule has 6 aliphatic carbocycles. The Hall–Kier alpha value is -17.2. The van der Waals surface area contributed by atoms with Crippen LogP contribution in [0.3, 0.4) is 0 Å². The highest BCUT2D eigenvalue weighted by molar-refractivity contribution is 6.05. The van der Waals surface area contributed by atoms with Crippen LogP contribution in [0.5, 0.6) is 0 Å². The van der Waals surface area contributed by atoms with Crippen LogP contribution in [-0.2, 0) is 23.3 Å². The van der Waals surface area contributed by atoms with E-state index in [0.29, 0.717) is 0 Å². The lowest BCUT2D eigenvalue weighted by molar-refractivity contribution is 0.794. The van der Waals surface area contributed by atoms with Gasteiger partial charge >= 0.3 is 0 Å². The lowest BCUT2D eigenvalue weighted by Crippen LogP contribution is -2.25. The van der Waals surface area contributed by atoms with Gasteiger partial charge < -0.3 is 4.57 Å². The first-order chi connectivity index (χ1) is 65.9. The average molecular weight is 1690 g/mol. The molecule has 0 aliphatic heterocycles. The molecule has 3 aromatic heterocycles. The number of imidazole rings is 3. The summed E-state index contributed by atoms with van der Waals surface area (Å²) in [6.45, 7) is 0. The maximum absolute atomic E-state index is 5.10. The molecular weight excluding hydrogens is 1610 g/mol. The summed E-state index contributed by atoms with van der Waals surface area (Å²) < 4.78 is 6.72. The third-order valence-corrected chi connectivity index (χ3v) is 29.4. The van der Waals surface area contributed by atoms with E-state index in [9.17, 15) is 0 Å². The van der Waals surface area contributed by atoms with Crippen molar-refractivity contribution in [2.24, 2.45) is 7.05 Å². The molecule has 20 aromatic carbocycles. The summed E-state index contributed by atoms with van der Waals surface area (Å²) in [4.78, 5) is 15.1. The molecule has 0 radical (unpaired) electrons. The number of hydrogen-bond acceptors (Lipinski definition) is 3. The molecule has 0 bridgehead atoms. The van der Waals surface area contributed by atoms with Crippen LogP contribution in [0, 0.1) is 0 Å². The second-order valence-corrected chi connectivity index (χ2v) is 35.8. The molecule has 0 amide bonds. The Morgan fingerprint density at radius 2 is 0.376 bits per heavy atom. The first-order valence-corrected chi connectivity index (χ1v) is 46.0. The molecule has 6 aliphatic rings. The molecule has 0 saturated carbocycles. The quantitative estimate of drug-likeness (QED) is 0.152. The third-order valence-electron chi connectivity index (χ3n) is 29.4. The molecule has 29 rings (SSSR count). The van der Waals surface area contributed by atoms with E-state index in [1.165, 1.54) is 167 Å². The summed E-state index contributed by atoms with van der Waals surface area (Å²) in [6, 6.07) is 175. The van der Waals surface area contributed by atoms with Crippen molar-refractivity contribution in [2.45, 2.75) is 16.2 Å². The van der Waals surface area contributed by atoms with Crippen molar-refractivity contribution >= 4 is 33.1 Å². The summed E-state index contributed by atoms with van der Waals surface area (Å²) in [5, 5.41) is 0. The number of nitrogens with zero attached hydrogens (tertiary/aromatic N) is 6. The van der Waals surface area contributed by atoms with Gasteiger partial charge in [-0.15, -0.1) is 0 Å². The summed E-state index contributed by atoms with van der Waals surface area (Å²) >= 11 is 0. The number of aryl methyl sites for hydroxylation is 1. The second-order valence-electron chi connectivity index (χ2n) is 35.8. The third kappa shape index (κ3) is 10.9. The summed E-state index contributed by atoms with van der Waals surface area (Å²) in [6.07, 6.45) is 0. The van der Waals surface area contributed by atoms with E-state index in [4.69, 9.17) is 15.0 Å². The Balaban J connectivity index is 0.000000102. The van der Waals surface area contributed by atoms with Gasteiger partial charge in [0, 0.05) is 35.1 Å². The van der Waals surface area contributed by atoms with E-state index in [0.717, 1.165) is 78.6 Å². The van der Waals surface area contributed by atoms with Gasteiger partial charge in [-0.3, -0.25) is 9.13 Å². The number of fused-ring (bicyclic) bond motifs is 33. The van der Waals surface area contributed by atoms with Crippen LogP contribution >= 0.6 is 0 Å². The minimum Gasteiger partial charge on any atom is -0.327 e. The molecule has 0 atom stereocenters. The monoisotopic (exact) mass is 1690 g/mol. The molecule has 0 fully saturated rings. The predicted octanol–water partition coefficient (Wildman–Crippen LogP) is 30.7. The number of aromatic nitrogens is 6. The summed E-state index contributed by atoms with van der Waals surface area (Å²) in [5.41, 5.74) is 50.7. The fourth-order valence-corrected chi connectivity index (χ4v) is 24.1. The second kappa shape index (κ2) is 29.7. The molecule has 0 saturated heterocycles. The lowest BCUT2D eigenvalue weighted by Gasteiger charge is -2.30. The van der Waals surface area contributed by atoms with Crippen LogP contribution in [0.1, 0.15) is 66.8 Å². The van der Waals surface area contributed by atoms with Crippen molar-refractivity contribution in [3.05, 3.63) is 546 Å². The van der Waals surface area contributed by atoms with Crippen LogP contribution in [0.2, 0.25) is 0 Å². The number of rotatable bonds is 8. The van der Waals surface area contributed by atoms with Gasteiger partial charge in [-0.05, 0) is 228 Å². The minimum absolute atomic E-state index is 0.317. The average Bonchev–Trinajstić information content (AvgIpc) is 1.51. The lowest BCUT2D eigenvalue weighted by atomic mass is 9.70. The van der Waals surface area contributed by atoms with Crippen LogP contribution < -0.4 is 0 Å². The van der Waals surface area contributed by atoms with Crippen molar-refractivity contribution in [1.82, 2.24) is 28.7 Å². The standard InChI is InChI=1S/2C44H28N2.C39H26N2/c1-2-13-31(14-3-1)46-41-24-11-10-23-40(41)45-43(46)30-27-25-29(26-28-30)32-18-12-22-39-42(32)35-17-6-9-21-38(35)44(39)36-19-7-4-15-33(36)34-16-5-8-20-37(34)44;1-2-13-30(14-3-1)43-45-40-23-10-11-24-41(40)46(43)31-27-25-29(26-28-31)32-18-12-22-39-42(32)35-17-6-9-21-38(35)44(39)36-19-7-4-15-33(36)34-16-5-8-20-37(34)44;1-41-36-20-9-8-19-35(36)40-38(41)26-23-21-25(22-24-26)27-14-10-18-34-37(27)30-13-4-7-17-33(30)39(34)31-15-5-2-11-28(31)29-12-3-6-16-32(29)39/h2*1-28H;2-24H,1H3. The van der Waals surface area contributed by atoms with Gasteiger partial charge in [0.15, 0.2) is 0 Å². The Kier molecular flexibility index (Phi) is 16.9. The Morgan fingerprint density at radius 1 is 0.158 bits per heavy atom. The minimum atomic E-state index is -0.338. The SMILES string of the molecule is Cn1c(-c2ccc(-c3cccc4c3-c3ccccc3C43c4ccccc4-c4ccccc43)cc2)nc2ccccc21.c1ccc(-c2nc3ccccc3n2-c2ccc(-c3cccc4c3-c3ccccc3C43c4ccccc4-c4ccccc43)cc2)cc1.c1ccc(-n2c(-c3ccc(-c4cccc5c4-c4ccccc4C54c5ccccc5-c5ccccc54)cc3)nc3ccccc32)cc1. The molecule has 0 N–H and O–H groups in total. The van der Waals surface area contributed by atoms with Gasteiger partial charge in [0.05, 0.1) is 49.3 Å². The van der Waals surface area contributed by atoms with Crippen molar-refractivity contribution < 1.29 is 0 Å². The van der Waals surface area contributed by atoms with Gasteiger partial charge in [-0.25, -0.2) is 15.0 Å². The number of para-hydroxylation sites is 7. The molecule has 620 valence electrons. The van der Waals surface area contributed by atoms with Gasteiger partial charge in [0.2, 0.25) is 0 Å². The van der Waals surface area contributed by atoms with Crippen LogP contribution in [0.15, 0.2) is 479 Å².